The van der Waals surface area contributed by atoms with Gasteiger partial charge in [0.25, 0.3) is 0 Å². The average Bonchev–Trinajstić information content (AvgIpc) is 3.14. The summed E-state index contributed by atoms with van der Waals surface area (Å²) in [6.45, 7) is 7.93. The molecule has 0 bridgehead atoms. The minimum atomic E-state index is -0.890. The Bertz CT molecular complexity index is 926. The van der Waals surface area contributed by atoms with Crippen molar-refractivity contribution < 1.29 is 19.1 Å². The molecule has 0 aliphatic carbocycles. The van der Waals surface area contributed by atoms with E-state index in [1.165, 1.54) is 0 Å². The Morgan fingerprint density at radius 1 is 1.07 bits per heavy atom. The lowest BCUT2D eigenvalue weighted by Crippen LogP contribution is -2.31. The van der Waals surface area contributed by atoms with Crippen molar-refractivity contribution in [2.24, 2.45) is 5.92 Å². The van der Waals surface area contributed by atoms with Crippen molar-refractivity contribution in [3.63, 3.8) is 0 Å². The van der Waals surface area contributed by atoms with Crippen LogP contribution in [0, 0.1) is 12.8 Å². The van der Waals surface area contributed by atoms with Gasteiger partial charge in [0, 0.05) is 24.2 Å². The van der Waals surface area contributed by atoms with Crippen LogP contribution >= 0.6 is 0 Å². The molecule has 5 nitrogen and oxygen atoms in total. The van der Waals surface area contributed by atoms with Crippen LogP contribution in [0.25, 0.3) is 0 Å². The first kappa shape index (κ1) is 21.8. The Balaban J connectivity index is 1.71. The van der Waals surface area contributed by atoms with Gasteiger partial charge in [-0.3, -0.25) is 14.4 Å². The minimum absolute atomic E-state index is 0.0786. The van der Waals surface area contributed by atoms with Crippen molar-refractivity contribution in [3.05, 3.63) is 64.7 Å². The van der Waals surface area contributed by atoms with Crippen molar-refractivity contribution in [2.45, 2.75) is 53.1 Å². The van der Waals surface area contributed by atoms with Gasteiger partial charge < -0.3 is 9.64 Å². The number of nitrogens with zero attached hydrogens (tertiary/aromatic N) is 1. The van der Waals surface area contributed by atoms with Gasteiger partial charge >= 0.3 is 5.97 Å². The summed E-state index contributed by atoms with van der Waals surface area (Å²) in [5.41, 5.74) is 4.68. The van der Waals surface area contributed by atoms with Gasteiger partial charge in [0.15, 0.2) is 6.10 Å². The van der Waals surface area contributed by atoms with Gasteiger partial charge in [0.2, 0.25) is 11.7 Å². The van der Waals surface area contributed by atoms with Gasteiger partial charge in [-0.25, -0.2) is 0 Å². The molecule has 0 saturated carbocycles. The van der Waals surface area contributed by atoms with Crippen molar-refractivity contribution >= 4 is 23.3 Å². The van der Waals surface area contributed by atoms with E-state index in [0.29, 0.717) is 5.56 Å². The first-order valence-corrected chi connectivity index (χ1v) is 10.6. The summed E-state index contributed by atoms with van der Waals surface area (Å²) in [5.74, 6) is -1.38. The zero-order valence-corrected chi connectivity index (χ0v) is 18.1. The Morgan fingerprint density at radius 3 is 2.23 bits per heavy atom. The van der Waals surface area contributed by atoms with E-state index in [9.17, 15) is 14.4 Å². The Labute approximate surface area is 178 Å². The number of aryl methyl sites for hydroxylation is 3. The summed E-state index contributed by atoms with van der Waals surface area (Å²) < 4.78 is 5.46. The Kier molecular flexibility index (Phi) is 6.70. The van der Waals surface area contributed by atoms with Crippen LogP contribution in [-0.2, 0) is 27.2 Å². The number of carbonyl (C=O) groups is 3. The molecule has 1 fully saturated rings. The van der Waals surface area contributed by atoms with E-state index in [4.69, 9.17) is 4.74 Å². The molecule has 1 aliphatic heterocycles. The van der Waals surface area contributed by atoms with Crippen molar-refractivity contribution in [1.82, 2.24) is 0 Å². The number of ketones is 1. The molecule has 0 radical (unpaired) electrons. The number of anilines is 1. The van der Waals surface area contributed by atoms with Crippen molar-refractivity contribution in [3.8, 4) is 0 Å². The summed E-state index contributed by atoms with van der Waals surface area (Å²) in [7, 11) is 0. The van der Waals surface area contributed by atoms with E-state index >= 15 is 0 Å². The van der Waals surface area contributed by atoms with Gasteiger partial charge in [0.05, 0.1) is 5.92 Å². The lowest BCUT2D eigenvalue weighted by atomic mass is 10.0. The van der Waals surface area contributed by atoms with Crippen LogP contribution in [0.2, 0.25) is 0 Å². The Morgan fingerprint density at radius 2 is 1.67 bits per heavy atom. The standard InChI is InChI=1S/C25H29NO4/c1-5-18-8-7-9-19(6-2)23(18)26-15-21(14-22(26)27)25(29)30-17(4)24(28)20-12-10-16(3)11-13-20/h7-13,17,21H,5-6,14-15H2,1-4H3/t17-,21-/m1/s1. The molecule has 2 atom stereocenters. The van der Waals surface area contributed by atoms with Gasteiger partial charge in [0.1, 0.15) is 0 Å². The molecule has 3 rings (SSSR count). The van der Waals surface area contributed by atoms with Gasteiger partial charge in [-0.1, -0.05) is 61.9 Å². The first-order valence-electron chi connectivity index (χ1n) is 10.6. The zero-order chi connectivity index (χ0) is 21.8. The highest BCUT2D eigenvalue weighted by atomic mass is 16.5. The molecule has 2 aromatic rings. The minimum Gasteiger partial charge on any atom is -0.454 e. The summed E-state index contributed by atoms with van der Waals surface area (Å²) >= 11 is 0. The number of carbonyl (C=O) groups excluding carboxylic acids is 3. The van der Waals surface area contributed by atoms with E-state index in [1.54, 1.807) is 24.0 Å². The fourth-order valence-electron chi connectivity index (χ4n) is 3.92. The molecule has 0 aromatic heterocycles. The summed E-state index contributed by atoms with van der Waals surface area (Å²) in [6.07, 6.45) is 0.832. The molecule has 1 aliphatic rings. The number of hydrogen-bond acceptors (Lipinski definition) is 4. The fourth-order valence-corrected chi connectivity index (χ4v) is 3.92. The molecule has 5 heteroatoms. The maximum atomic E-state index is 12.8. The molecule has 2 aromatic carbocycles. The second-order valence-corrected chi connectivity index (χ2v) is 7.85. The highest BCUT2D eigenvalue weighted by molar-refractivity contribution is 6.02. The number of ether oxygens (including phenoxy) is 1. The lowest BCUT2D eigenvalue weighted by Gasteiger charge is -2.23. The molecule has 30 heavy (non-hydrogen) atoms. The first-order chi connectivity index (χ1) is 14.3. The second-order valence-electron chi connectivity index (χ2n) is 7.85. The third-order valence-electron chi connectivity index (χ3n) is 5.69. The number of esters is 1. The third kappa shape index (κ3) is 4.45. The average molecular weight is 408 g/mol. The highest BCUT2D eigenvalue weighted by Gasteiger charge is 2.38. The molecule has 0 spiro atoms. The van der Waals surface area contributed by atoms with Crippen LogP contribution in [0.15, 0.2) is 42.5 Å². The van der Waals surface area contributed by atoms with Crippen LogP contribution < -0.4 is 4.90 Å². The van der Waals surface area contributed by atoms with Crippen LogP contribution in [0.4, 0.5) is 5.69 Å². The quantitative estimate of drug-likeness (QED) is 0.507. The van der Waals surface area contributed by atoms with Gasteiger partial charge in [-0.15, -0.1) is 0 Å². The fraction of sp³-hybridized carbons (Fsp3) is 0.400. The number of rotatable bonds is 7. The van der Waals surface area contributed by atoms with E-state index in [-0.39, 0.29) is 24.7 Å². The number of hydrogen-bond donors (Lipinski definition) is 0. The lowest BCUT2D eigenvalue weighted by molar-refractivity contribution is -0.151. The highest BCUT2D eigenvalue weighted by Crippen LogP contribution is 2.33. The molecule has 1 saturated heterocycles. The van der Waals surface area contributed by atoms with Gasteiger partial charge in [-0.2, -0.15) is 0 Å². The van der Waals surface area contributed by atoms with Crippen molar-refractivity contribution in [2.75, 3.05) is 11.4 Å². The van der Waals surface area contributed by atoms with Crippen LogP contribution in [0.1, 0.15) is 54.2 Å². The normalized spacial score (nSPS) is 17.1. The van der Waals surface area contributed by atoms with E-state index < -0.39 is 18.0 Å². The predicted molar refractivity (Wildman–Crippen MR) is 117 cm³/mol. The molecule has 0 unspecified atom stereocenters. The van der Waals surface area contributed by atoms with Crippen LogP contribution in [-0.4, -0.2) is 30.3 Å². The van der Waals surface area contributed by atoms with E-state index in [2.05, 4.69) is 13.8 Å². The maximum absolute atomic E-state index is 12.8. The van der Waals surface area contributed by atoms with E-state index in [1.807, 2.05) is 37.3 Å². The smallest absolute Gasteiger partial charge is 0.312 e. The summed E-state index contributed by atoms with van der Waals surface area (Å²) in [6, 6.07) is 13.2. The third-order valence-corrected chi connectivity index (χ3v) is 5.69. The van der Waals surface area contributed by atoms with Crippen molar-refractivity contribution in [1.29, 1.82) is 0 Å². The van der Waals surface area contributed by atoms with E-state index in [0.717, 1.165) is 35.2 Å². The number of Topliss-reactive ketones (excluding diaryl/α,β-unsaturated/α-hetero) is 1. The number of benzene rings is 2. The van der Waals surface area contributed by atoms with Gasteiger partial charge in [-0.05, 0) is 37.8 Å². The molecule has 1 heterocycles. The van der Waals surface area contributed by atoms with Crippen LogP contribution in [0.3, 0.4) is 0 Å². The number of amides is 1. The summed E-state index contributed by atoms with van der Waals surface area (Å²) in [4.78, 5) is 39.8. The monoisotopic (exact) mass is 407 g/mol. The molecular formula is C25H29NO4. The largest absolute Gasteiger partial charge is 0.454 e. The molecule has 158 valence electrons. The predicted octanol–water partition coefficient (Wildman–Crippen LogP) is 4.29. The second kappa shape index (κ2) is 9.24. The topological polar surface area (TPSA) is 63.7 Å². The molecule has 0 N–H and O–H groups in total. The molecule has 1 amide bonds. The maximum Gasteiger partial charge on any atom is 0.312 e. The SMILES string of the molecule is CCc1cccc(CC)c1N1C[C@H](C(=O)O[C@H](C)C(=O)c2ccc(C)cc2)CC1=O. The van der Waals surface area contributed by atoms with Crippen LogP contribution in [0.5, 0.6) is 0 Å². The summed E-state index contributed by atoms with van der Waals surface area (Å²) in [5, 5.41) is 0. The molecular weight excluding hydrogens is 378 g/mol. The zero-order valence-electron chi connectivity index (χ0n) is 18.1. The Hall–Kier alpha value is -2.95. The number of para-hydroxylation sites is 1.